The number of rotatable bonds is 3. The smallest absolute Gasteiger partial charge is 0.328 e. The Morgan fingerprint density at radius 2 is 2.00 bits per heavy atom. The lowest BCUT2D eigenvalue weighted by atomic mass is 10.1. The predicted octanol–water partition coefficient (Wildman–Crippen LogP) is 2.21. The maximum Gasteiger partial charge on any atom is 0.328 e. The second-order valence-corrected chi connectivity index (χ2v) is 2.77. The molecule has 1 aromatic rings. The number of hydrogen-bond donors (Lipinski definition) is 1. The SMILES string of the molecule is COc1c(F)cc(F)c(/C=C/C(=O)O)c1F. The van der Waals surface area contributed by atoms with Crippen molar-refractivity contribution in [3.8, 4) is 5.75 Å². The highest BCUT2D eigenvalue weighted by atomic mass is 19.1. The Balaban J connectivity index is 3.33. The number of hydrogen-bond acceptors (Lipinski definition) is 2. The minimum Gasteiger partial charge on any atom is -0.491 e. The molecule has 0 aliphatic heterocycles. The van der Waals surface area contributed by atoms with Crippen LogP contribution in [-0.4, -0.2) is 18.2 Å². The molecule has 0 amide bonds. The van der Waals surface area contributed by atoms with Gasteiger partial charge in [-0.05, 0) is 6.08 Å². The molecule has 0 aliphatic rings. The number of carboxylic acid groups (broad SMARTS) is 1. The van der Waals surface area contributed by atoms with Gasteiger partial charge in [-0.2, -0.15) is 0 Å². The van der Waals surface area contributed by atoms with Gasteiger partial charge in [-0.25, -0.2) is 18.0 Å². The average molecular weight is 232 g/mol. The lowest BCUT2D eigenvalue weighted by Gasteiger charge is -2.06. The van der Waals surface area contributed by atoms with E-state index in [1.54, 1.807) is 0 Å². The number of methoxy groups -OCH3 is 1. The van der Waals surface area contributed by atoms with Crippen LogP contribution in [0.25, 0.3) is 6.08 Å². The fourth-order valence-electron chi connectivity index (χ4n) is 1.08. The van der Waals surface area contributed by atoms with Crippen molar-refractivity contribution in [3.63, 3.8) is 0 Å². The van der Waals surface area contributed by atoms with Crippen LogP contribution in [0.3, 0.4) is 0 Å². The summed E-state index contributed by atoms with van der Waals surface area (Å²) < 4.78 is 43.8. The molecule has 0 spiro atoms. The van der Waals surface area contributed by atoms with Gasteiger partial charge in [-0.15, -0.1) is 0 Å². The van der Waals surface area contributed by atoms with Crippen LogP contribution < -0.4 is 4.74 Å². The van der Waals surface area contributed by atoms with Crippen molar-refractivity contribution < 1.29 is 27.8 Å². The van der Waals surface area contributed by atoms with Crippen molar-refractivity contribution >= 4 is 12.0 Å². The Hall–Kier alpha value is -1.98. The molecule has 0 saturated heterocycles. The second-order valence-electron chi connectivity index (χ2n) is 2.77. The molecule has 0 bridgehead atoms. The van der Waals surface area contributed by atoms with Crippen molar-refractivity contribution in [3.05, 3.63) is 35.2 Å². The third kappa shape index (κ3) is 2.33. The summed E-state index contributed by atoms with van der Waals surface area (Å²) >= 11 is 0. The Morgan fingerprint density at radius 3 is 2.50 bits per heavy atom. The van der Waals surface area contributed by atoms with E-state index in [1.165, 1.54) is 0 Å². The third-order valence-electron chi connectivity index (χ3n) is 1.76. The highest BCUT2D eigenvalue weighted by Crippen LogP contribution is 2.27. The Bertz CT molecular complexity index is 455. The van der Waals surface area contributed by atoms with Crippen LogP contribution in [0, 0.1) is 17.5 Å². The van der Waals surface area contributed by atoms with Gasteiger partial charge in [0.15, 0.2) is 17.4 Å². The minimum absolute atomic E-state index is 0.420. The first-order chi connectivity index (χ1) is 7.47. The topological polar surface area (TPSA) is 46.5 Å². The number of ether oxygens (including phenoxy) is 1. The molecule has 1 aromatic carbocycles. The van der Waals surface area contributed by atoms with Crippen LogP contribution in [0.1, 0.15) is 5.56 Å². The fourth-order valence-corrected chi connectivity index (χ4v) is 1.08. The van der Waals surface area contributed by atoms with Gasteiger partial charge in [0, 0.05) is 12.1 Å². The molecule has 0 aromatic heterocycles. The fraction of sp³-hybridized carbons (Fsp3) is 0.100. The van der Waals surface area contributed by atoms with E-state index >= 15 is 0 Å². The summed E-state index contributed by atoms with van der Waals surface area (Å²) in [6.45, 7) is 0. The standard InChI is InChI=1S/C10H7F3O3/c1-16-10-7(12)4-6(11)5(9(10)13)2-3-8(14)15/h2-4H,1H3,(H,14,15)/b3-2+. The lowest BCUT2D eigenvalue weighted by molar-refractivity contribution is -0.131. The van der Waals surface area contributed by atoms with Crippen molar-refractivity contribution in [1.29, 1.82) is 0 Å². The van der Waals surface area contributed by atoms with Crippen molar-refractivity contribution in [2.24, 2.45) is 0 Å². The zero-order valence-corrected chi connectivity index (χ0v) is 8.13. The van der Waals surface area contributed by atoms with Gasteiger partial charge in [0.1, 0.15) is 5.82 Å². The normalized spacial score (nSPS) is 10.8. The molecule has 1 N–H and O–H groups in total. The molecule has 0 saturated carbocycles. The van der Waals surface area contributed by atoms with Crippen LogP contribution in [0.5, 0.6) is 5.75 Å². The van der Waals surface area contributed by atoms with Gasteiger partial charge in [-0.3, -0.25) is 0 Å². The highest BCUT2D eigenvalue weighted by Gasteiger charge is 2.17. The van der Waals surface area contributed by atoms with E-state index < -0.39 is 34.7 Å². The molecule has 16 heavy (non-hydrogen) atoms. The van der Waals surface area contributed by atoms with Crippen LogP contribution in [0.2, 0.25) is 0 Å². The van der Waals surface area contributed by atoms with Gasteiger partial charge in [0.25, 0.3) is 0 Å². The zero-order chi connectivity index (χ0) is 12.3. The maximum atomic E-state index is 13.4. The van der Waals surface area contributed by atoms with E-state index in [1.807, 2.05) is 0 Å². The van der Waals surface area contributed by atoms with E-state index in [0.29, 0.717) is 18.2 Å². The van der Waals surface area contributed by atoms with Crippen LogP contribution >= 0.6 is 0 Å². The average Bonchev–Trinajstić information content (AvgIpc) is 2.16. The summed E-state index contributed by atoms with van der Waals surface area (Å²) in [6.07, 6.45) is 1.23. The van der Waals surface area contributed by atoms with Crippen molar-refractivity contribution in [2.45, 2.75) is 0 Å². The number of carbonyl (C=O) groups is 1. The Kier molecular flexibility index (Phi) is 3.55. The lowest BCUT2D eigenvalue weighted by Crippen LogP contribution is -1.99. The van der Waals surface area contributed by atoms with E-state index in [-0.39, 0.29) is 0 Å². The Morgan fingerprint density at radius 1 is 1.38 bits per heavy atom. The molecule has 3 nitrogen and oxygen atoms in total. The summed E-state index contributed by atoms with van der Waals surface area (Å²) in [6, 6.07) is 0.420. The predicted molar refractivity (Wildman–Crippen MR) is 49.5 cm³/mol. The van der Waals surface area contributed by atoms with E-state index in [2.05, 4.69) is 4.74 Å². The Labute approximate surface area is 88.8 Å². The van der Waals surface area contributed by atoms with Crippen LogP contribution in [-0.2, 0) is 4.79 Å². The molecule has 86 valence electrons. The van der Waals surface area contributed by atoms with Gasteiger partial charge >= 0.3 is 5.97 Å². The number of aliphatic carboxylic acids is 1. The van der Waals surface area contributed by atoms with Gasteiger partial charge in [-0.1, -0.05) is 0 Å². The summed E-state index contributed by atoms with van der Waals surface area (Å²) in [7, 11) is 1.02. The number of carboxylic acids is 1. The minimum atomic E-state index is -1.37. The van der Waals surface area contributed by atoms with Gasteiger partial charge in [0.05, 0.1) is 12.7 Å². The number of benzene rings is 1. The molecule has 0 heterocycles. The van der Waals surface area contributed by atoms with E-state index in [4.69, 9.17) is 5.11 Å². The number of halogens is 3. The summed E-state index contributed by atoms with van der Waals surface area (Å²) in [4.78, 5) is 10.2. The molecular formula is C10H7F3O3. The third-order valence-corrected chi connectivity index (χ3v) is 1.76. The molecular weight excluding hydrogens is 225 g/mol. The first-order valence-electron chi connectivity index (χ1n) is 4.10. The van der Waals surface area contributed by atoms with Gasteiger partial charge in [0.2, 0.25) is 0 Å². The second kappa shape index (κ2) is 4.69. The molecule has 0 unspecified atom stereocenters. The van der Waals surface area contributed by atoms with Crippen molar-refractivity contribution in [2.75, 3.05) is 7.11 Å². The molecule has 6 heteroatoms. The molecule has 0 fully saturated rings. The quantitative estimate of drug-likeness (QED) is 0.812. The van der Waals surface area contributed by atoms with Crippen LogP contribution in [0.15, 0.2) is 12.1 Å². The first kappa shape index (κ1) is 12.1. The summed E-state index contributed by atoms with van der Waals surface area (Å²) in [5.41, 5.74) is -0.666. The molecule has 0 atom stereocenters. The monoisotopic (exact) mass is 232 g/mol. The summed E-state index contributed by atoms with van der Waals surface area (Å²) in [5, 5.41) is 8.30. The zero-order valence-electron chi connectivity index (χ0n) is 8.13. The molecule has 0 aliphatic carbocycles. The highest BCUT2D eigenvalue weighted by molar-refractivity contribution is 5.85. The largest absolute Gasteiger partial charge is 0.491 e. The van der Waals surface area contributed by atoms with Crippen LogP contribution in [0.4, 0.5) is 13.2 Å². The van der Waals surface area contributed by atoms with Crippen molar-refractivity contribution in [1.82, 2.24) is 0 Å². The molecule has 1 rings (SSSR count). The van der Waals surface area contributed by atoms with E-state index in [9.17, 15) is 18.0 Å². The van der Waals surface area contributed by atoms with Gasteiger partial charge < -0.3 is 9.84 Å². The summed E-state index contributed by atoms with van der Waals surface area (Å²) in [5.74, 6) is -5.80. The van der Waals surface area contributed by atoms with E-state index in [0.717, 1.165) is 7.11 Å². The molecule has 0 radical (unpaired) electrons. The maximum absolute atomic E-state index is 13.4. The first-order valence-corrected chi connectivity index (χ1v) is 4.10.